The highest BCUT2D eigenvalue weighted by Gasteiger charge is 2.39. The molecular weight excluding hydrogens is 363 g/mol. The van der Waals surface area contributed by atoms with E-state index >= 15 is 0 Å². The van der Waals surface area contributed by atoms with Crippen molar-refractivity contribution in [1.29, 1.82) is 0 Å². The molecular formula is C19H16F3NO2S. The Bertz CT molecular complexity index is 1000. The second kappa shape index (κ2) is 6.39. The molecule has 0 aromatic heterocycles. The first kappa shape index (κ1) is 18.4. The molecule has 0 aliphatic carbocycles. The van der Waals surface area contributed by atoms with Gasteiger partial charge in [-0.1, -0.05) is 42.0 Å². The molecule has 26 heavy (non-hydrogen) atoms. The van der Waals surface area contributed by atoms with Crippen LogP contribution in [0, 0.1) is 6.92 Å². The normalized spacial score (nSPS) is 17.8. The molecule has 1 heterocycles. The van der Waals surface area contributed by atoms with Crippen molar-refractivity contribution in [2.45, 2.75) is 23.9 Å². The van der Waals surface area contributed by atoms with Gasteiger partial charge in [-0.15, -0.1) is 0 Å². The molecule has 7 heteroatoms. The number of allylic oxidation sites excluding steroid dienone is 2. The van der Waals surface area contributed by atoms with Gasteiger partial charge in [-0.05, 0) is 36.3 Å². The van der Waals surface area contributed by atoms with Gasteiger partial charge in [0.05, 0.1) is 10.6 Å². The standard InChI is InChI=1S/C19H16F3NO2S/c1-12-4-3-5-14(10-12)18-16(11-17(23-18)19(20,21)22)13-6-8-15(9-7-13)26(2,24)25/h3-11,16H,1-2H3. The monoisotopic (exact) mass is 379 g/mol. The molecule has 136 valence electrons. The lowest BCUT2D eigenvalue weighted by Crippen LogP contribution is -2.10. The average molecular weight is 379 g/mol. The van der Waals surface area contributed by atoms with Crippen LogP contribution in [0.15, 0.2) is 70.2 Å². The van der Waals surface area contributed by atoms with Crippen LogP contribution in [0.3, 0.4) is 0 Å². The number of alkyl halides is 3. The number of aliphatic imine (C=N–C) groups is 1. The Labute approximate surface area is 149 Å². The van der Waals surface area contributed by atoms with Crippen LogP contribution in [0.5, 0.6) is 0 Å². The van der Waals surface area contributed by atoms with Crippen molar-refractivity contribution in [2.24, 2.45) is 4.99 Å². The number of hydrogen-bond donors (Lipinski definition) is 0. The number of rotatable bonds is 3. The van der Waals surface area contributed by atoms with Crippen LogP contribution in [-0.4, -0.2) is 26.6 Å². The van der Waals surface area contributed by atoms with Crippen LogP contribution in [0.4, 0.5) is 13.2 Å². The van der Waals surface area contributed by atoms with Crippen LogP contribution in [0.2, 0.25) is 0 Å². The molecule has 0 bridgehead atoms. The summed E-state index contributed by atoms with van der Waals surface area (Å²) >= 11 is 0. The Balaban J connectivity index is 2.08. The van der Waals surface area contributed by atoms with Gasteiger partial charge in [0.2, 0.25) is 0 Å². The van der Waals surface area contributed by atoms with Crippen molar-refractivity contribution in [2.75, 3.05) is 6.26 Å². The third-order valence-electron chi connectivity index (χ3n) is 4.13. The predicted molar refractivity (Wildman–Crippen MR) is 94.1 cm³/mol. The molecule has 0 spiro atoms. The Hall–Kier alpha value is -2.41. The van der Waals surface area contributed by atoms with Crippen molar-refractivity contribution >= 4 is 15.5 Å². The summed E-state index contributed by atoms with van der Waals surface area (Å²) in [6.45, 7) is 1.85. The molecule has 1 aliphatic heterocycles. The smallest absolute Gasteiger partial charge is 0.247 e. The maximum absolute atomic E-state index is 13.2. The quantitative estimate of drug-likeness (QED) is 0.792. The highest BCUT2D eigenvalue weighted by atomic mass is 32.2. The molecule has 0 N–H and O–H groups in total. The Morgan fingerprint density at radius 3 is 2.23 bits per heavy atom. The number of hydrogen-bond acceptors (Lipinski definition) is 3. The van der Waals surface area contributed by atoms with E-state index in [1.807, 2.05) is 13.0 Å². The summed E-state index contributed by atoms with van der Waals surface area (Å²) in [6.07, 6.45) is -2.39. The lowest BCUT2D eigenvalue weighted by atomic mass is 9.90. The summed E-state index contributed by atoms with van der Waals surface area (Å²) in [7, 11) is -3.37. The number of aryl methyl sites for hydroxylation is 1. The molecule has 3 nitrogen and oxygen atoms in total. The van der Waals surface area contributed by atoms with Gasteiger partial charge in [0.1, 0.15) is 5.70 Å². The van der Waals surface area contributed by atoms with Crippen molar-refractivity contribution in [3.05, 3.63) is 77.0 Å². The van der Waals surface area contributed by atoms with Crippen LogP contribution >= 0.6 is 0 Å². The maximum atomic E-state index is 13.2. The second-order valence-electron chi connectivity index (χ2n) is 6.24. The highest BCUT2D eigenvalue weighted by molar-refractivity contribution is 7.90. The Kier molecular flexibility index (Phi) is 4.52. The van der Waals surface area contributed by atoms with Gasteiger partial charge in [-0.3, -0.25) is 0 Å². The van der Waals surface area contributed by atoms with Gasteiger partial charge in [-0.25, -0.2) is 13.4 Å². The first-order valence-electron chi connectivity index (χ1n) is 7.80. The van der Waals surface area contributed by atoms with E-state index in [4.69, 9.17) is 0 Å². The lowest BCUT2D eigenvalue weighted by Gasteiger charge is -2.13. The molecule has 2 aromatic carbocycles. The summed E-state index contributed by atoms with van der Waals surface area (Å²) in [5.41, 5.74) is 1.44. The first-order valence-corrected chi connectivity index (χ1v) is 9.69. The van der Waals surface area contributed by atoms with Crippen LogP contribution in [-0.2, 0) is 9.84 Å². The fraction of sp³-hybridized carbons (Fsp3) is 0.211. The van der Waals surface area contributed by atoms with Crippen molar-refractivity contribution in [3.8, 4) is 0 Å². The van der Waals surface area contributed by atoms with Crippen LogP contribution in [0.1, 0.15) is 22.6 Å². The summed E-state index contributed by atoms with van der Waals surface area (Å²) in [5.74, 6) is -0.693. The summed E-state index contributed by atoms with van der Waals surface area (Å²) in [4.78, 5) is 3.95. The molecule has 1 aliphatic rings. The van der Waals surface area contributed by atoms with E-state index in [-0.39, 0.29) is 4.90 Å². The lowest BCUT2D eigenvalue weighted by molar-refractivity contribution is -0.0921. The van der Waals surface area contributed by atoms with Gasteiger partial charge in [-0.2, -0.15) is 13.2 Å². The number of benzene rings is 2. The van der Waals surface area contributed by atoms with Gasteiger partial charge in [0.15, 0.2) is 9.84 Å². The largest absolute Gasteiger partial charge is 0.433 e. The van der Waals surface area contributed by atoms with Gasteiger partial charge >= 0.3 is 6.18 Å². The fourth-order valence-electron chi connectivity index (χ4n) is 2.86. The van der Waals surface area contributed by atoms with E-state index in [0.29, 0.717) is 16.8 Å². The highest BCUT2D eigenvalue weighted by Crippen LogP contribution is 2.38. The molecule has 1 unspecified atom stereocenters. The zero-order valence-corrected chi connectivity index (χ0v) is 14.9. The van der Waals surface area contributed by atoms with E-state index in [2.05, 4.69) is 4.99 Å². The molecule has 2 aromatic rings. The van der Waals surface area contributed by atoms with Crippen molar-refractivity contribution in [3.63, 3.8) is 0 Å². The molecule has 0 radical (unpaired) electrons. The van der Waals surface area contributed by atoms with Crippen molar-refractivity contribution < 1.29 is 21.6 Å². The second-order valence-corrected chi connectivity index (χ2v) is 8.25. The van der Waals surface area contributed by atoms with Gasteiger partial charge in [0, 0.05) is 12.2 Å². The topological polar surface area (TPSA) is 46.5 Å². The van der Waals surface area contributed by atoms with E-state index in [1.54, 1.807) is 18.2 Å². The number of halogens is 3. The zero-order valence-electron chi connectivity index (χ0n) is 14.1. The van der Waals surface area contributed by atoms with E-state index < -0.39 is 27.6 Å². The van der Waals surface area contributed by atoms with Crippen LogP contribution in [0.25, 0.3) is 0 Å². The summed E-state index contributed by atoms with van der Waals surface area (Å²) in [6, 6.07) is 13.0. The summed E-state index contributed by atoms with van der Waals surface area (Å²) in [5, 5.41) is 0. The third-order valence-corrected chi connectivity index (χ3v) is 5.26. The third kappa shape index (κ3) is 3.72. The Morgan fingerprint density at radius 2 is 1.69 bits per heavy atom. The minimum atomic E-state index is -4.55. The summed E-state index contributed by atoms with van der Waals surface area (Å²) < 4.78 is 62.7. The van der Waals surface area contributed by atoms with Gasteiger partial charge in [0.25, 0.3) is 0 Å². The average Bonchev–Trinajstić information content (AvgIpc) is 3.00. The molecule has 0 saturated heterocycles. The number of nitrogens with zero attached hydrogens (tertiary/aromatic N) is 1. The first-order chi connectivity index (χ1) is 12.1. The zero-order chi connectivity index (χ0) is 19.1. The van der Waals surface area contributed by atoms with E-state index in [9.17, 15) is 21.6 Å². The molecule has 1 atom stereocenters. The van der Waals surface area contributed by atoms with E-state index in [0.717, 1.165) is 17.9 Å². The molecule has 0 saturated carbocycles. The minimum Gasteiger partial charge on any atom is -0.247 e. The molecule has 0 amide bonds. The Morgan fingerprint density at radius 1 is 1.04 bits per heavy atom. The predicted octanol–water partition coefficient (Wildman–Crippen LogP) is 4.43. The fourth-order valence-corrected chi connectivity index (χ4v) is 3.49. The molecule has 0 fully saturated rings. The SMILES string of the molecule is Cc1cccc(C2=NC(C(F)(F)F)=CC2c2ccc(S(C)(=O)=O)cc2)c1. The molecule has 3 rings (SSSR count). The number of sulfone groups is 1. The van der Waals surface area contributed by atoms with Crippen LogP contribution < -0.4 is 0 Å². The van der Waals surface area contributed by atoms with Gasteiger partial charge < -0.3 is 0 Å². The van der Waals surface area contributed by atoms with E-state index in [1.165, 1.54) is 24.3 Å². The van der Waals surface area contributed by atoms with Crippen molar-refractivity contribution in [1.82, 2.24) is 0 Å². The minimum absolute atomic E-state index is 0.119. The maximum Gasteiger partial charge on any atom is 0.433 e.